The summed E-state index contributed by atoms with van der Waals surface area (Å²) in [5.41, 5.74) is 4.23. The van der Waals surface area contributed by atoms with Gasteiger partial charge in [-0.1, -0.05) is 36.4 Å². The first-order valence-corrected chi connectivity index (χ1v) is 6.96. The Kier molecular flexibility index (Phi) is 4.24. The van der Waals surface area contributed by atoms with Gasteiger partial charge < -0.3 is 4.74 Å². The Morgan fingerprint density at radius 1 is 1.17 bits per heavy atom. The molecule has 0 unspecified atom stereocenters. The Morgan fingerprint density at radius 2 is 1.96 bits per heavy atom. The lowest BCUT2D eigenvalue weighted by molar-refractivity contribution is 0.0600. The maximum absolute atomic E-state index is 11.4. The van der Waals surface area contributed by atoms with Crippen molar-refractivity contribution in [2.24, 2.45) is 5.10 Å². The van der Waals surface area contributed by atoms with Gasteiger partial charge in [0.1, 0.15) is 0 Å². The Hall–Kier alpha value is -3.28. The number of carbonyl (C=O) groups excluding carboxylic acids is 1. The molecule has 0 bridgehead atoms. The minimum Gasteiger partial charge on any atom is -0.465 e. The summed E-state index contributed by atoms with van der Waals surface area (Å²) >= 11 is 0. The molecule has 1 heterocycles. The molecule has 0 saturated heterocycles. The maximum atomic E-state index is 11.4. The minimum atomic E-state index is -0.363. The van der Waals surface area contributed by atoms with Crippen LogP contribution in [0.15, 0.2) is 59.8 Å². The summed E-state index contributed by atoms with van der Waals surface area (Å²) in [4.78, 5) is 11.4. The molecule has 1 N–H and O–H groups in total. The van der Waals surface area contributed by atoms with E-state index in [1.165, 1.54) is 7.11 Å². The number of carbonyl (C=O) groups is 1. The van der Waals surface area contributed by atoms with Gasteiger partial charge in [-0.15, -0.1) is 5.10 Å². The summed E-state index contributed by atoms with van der Waals surface area (Å²) in [5.74, 6) is 0.225. The molecule has 0 aliphatic heterocycles. The normalized spacial score (nSPS) is 10.8. The average Bonchev–Trinajstić information content (AvgIpc) is 2.62. The minimum absolute atomic E-state index is 0.363. The number of hydrazone groups is 1. The number of rotatable bonds is 4. The molecule has 0 atom stereocenters. The predicted molar refractivity (Wildman–Crippen MR) is 88.5 cm³/mol. The standard InChI is InChI=1S/C17H14N4O2/c1-23-17(22)13-8-6-12(7-9-13)10-18-20-16-15-5-3-2-4-14(15)11-19-21-16/h2-11H,1H3,(H,20,21)/b18-10-. The van der Waals surface area contributed by atoms with Crippen molar-refractivity contribution in [2.75, 3.05) is 12.5 Å². The van der Waals surface area contributed by atoms with Crippen molar-refractivity contribution in [3.63, 3.8) is 0 Å². The lowest BCUT2D eigenvalue weighted by Crippen LogP contribution is -2.01. The van der Waals surface area contributed by atoms with Crippen LogP contribution in [0.1, 0.15) is 15.9 Å². The van der Waals surface area contributed by atoms with Crippen LogP contribution in [0, 0.1) is 0 Å². The SMILES string of the molecule is COC(=O)c1ccc(/C=N\Nc2nncc3ccccc23)cc1. The van der Waals surface area contributed by atoms with Crippen LogP contribution in [0.2, 0.25) is 0 Å². The second-order valence-electron chi connectivity index (χ2n) is 4.76. The smallest absolute Gasteiger partial charge is 0.337 e. The molecule has 0 radical (unpaired) electrons. The van der Waals surface area contributed by atoms with E-state index in [-0.39, 0.29) is 5.97 Å². The molecule has 0 saturated carbocycles. The lowest BCUT2D eigenvalue weighted by atomic mass is 10.1. The summed E-state index contributed by atoms with van der Waals surface area (Å²) in [6.45, 7) is 0. The topological polar surface area (TPSA) is 76.5 Å². The molecule has 3 aromatic rings. The summed E-state index contributed by atoms with van der Waals surface area (Å²) in [6.07, 6.45) is 3.35. The van der Waals surface area contributed by atoms with Crippen molar-refractivity contribution in [3.05, 3.63) is 65.9 Å². The van der Waals surface area contributed by atoms with Crippen molar-refractivity contribution < 1.29 is 9.53 Å². The molecule has 0 fully saturated rings. The second kappa shape index (κ2) is 6.65. The summed E-state index contributed by atoms with van der Waals surface area (Å²) in [7, 11) is 1.35. The predicted octanol–water partition coefficient (Wildman–Crippen LogP) is 2.86. The van der Waals surface area contributed by atoms with Crippen molar-refractivity contribution in [1.29, 1.82) is 0 Å². The molecule has 0 aliphatic carbocycles. The zero-order valence-corrected chi connectivity index (χ0v) is 12.4. The zero-order valence-electron chi connectivity index (χ0n) is 12.4. The highest BCUT2D eigenvalue weighted by Crippen LogP contribution is 2.18. The van der Waals surface area contributed by atoms with E-state index >= 15 is 0 Å². The van der Waals surface area contributed by atoms with Gasteiger partial charge in [0.25, 0.3) is 0 Å². The largest absolute Gasteiger partial charge is 0.465 e. The Balaban J connectivity index is 1.74. The van der Waals surface area contributed by atoms with E-state index in [0.717, 1.165) is 16.3 Å². The van der Waals surface area contributed by atoms with E-state index in [2.05, 4.69) is 25.5 Å². The monoisotopic (exact) mass is 306 g/mol. The number of hydrogen-bond donors (Lipinski definition) is 1. The fraction of sp³-hybridized carbons (Fsp3) is 0.0588. The molecule has 6 nitrogen and oxygen atoms in total. The quantitative estimate of drug-likeness (QED) is 0.455. The first kappa shape index (κ1) is 14.6. The van der Waals surface area contributed by atoms with Gasteiger partial charge in [-0.25, -0.2) is 4.79 Å². The van der Waals surface area contributed by atoms with Gasteiger partial charge in [0.15, 0.2) is 5.82 Å². The first-order chi connectivity index (χ1) is 11.3. The van der Waals surface area contributed by atoms with Crippen LogP contribution in [-0.2, 0) is 4.74 Å². The second-order valence-corrected chi connectivity index (χ2v) is 4.76. The van der Waals surface area contributed by atoms with Crippen molar-refractivity contribution in [3.8, 4) is 0 Å². The number of anilines is 1. The number of benzene rings is 2. The number of fused-ring (bicyclic) bond motifs is 1. The molecule has 6 heteroatoms. The van der Waals surface area contributed by atoms with E-state index in [1.807, 2.05) is 24.3 Å². The number of hydrogen-bond acceptors (Lipinski definition) is 6. The number of nitrogens with one attached hydrogen (secondary N) is 1. The van der Waals surface area contributed by atoms with E-state index in [4.69, 9.17) is 0 Å². The van der Waals surface area contributed by atoms with Crippen LogP contribution in [0.4, 0.5) is 5.82 Å². The molecule has 0 spiro atoms. The van der Waals surface area contributed by atoms with Gasteiger partial charge in [0.05, 0.1) is 25.1 Å². The number of nitrogens with zero attached hydrogens (tertiary/aromatic N) is 3. The highest BCUT2D eigenvalue weighted by molar-refractivity contribution is 5.92. The molecular formula is C17H14N4O2. The van der Waals surface area contributed by atoms with Crippen LogP contribution in [0.3, 0.4) is 0 Å². The third-order valence-corrected chi connectivity index (χ3v) is 3.29. The van der Waals surface area contributed by atoms with Gasteiger partial charge in [-0.3, -0.25) is 5.43 Å². The molecule has 0 aliphatic rings. The van der Waals surface area contributed by atoms with Crippen LogP contribution in [0.25, 0.3) is 10.8 Å². The number of aromatic nitrogens is 2. The molecule has 3 rings (SSSR count). The van der Waals surface area contributed by atoms with Gasteiger partial charge in [-0.05, 0) is 17.7 Å². The molecule has 23 heavy (non-hydrogen) atoms. The third kappa shape index (κ3) is 3.32. The van der Waals surface area contributed by atoms with Crippen LogP contribution < -0.4 is 5.43 Å². The Morgan fingerprint density at radius 3 is 2.74 bits per heavy atom. The van der Waals surface area contributed by atoms with Gasteiger partial charge in [0, 0.05) is 10.8 Å². The van der Waals surface area contributed by atoms with E-state index < -0.39 is 0 Å². The van der Waals surface area contributed by atoms with Crippen LogP contribution in [0.5, 0.6) is 0 Å². The van der Waals surface area contributed by atoms with Crippen molar-refractivity contribution in [2.45, 2.75) is 0 Å². The fourth-order valence-electron chi connectivity index (χ4n) is 2.10. The van der Waals surface area contributed by atoms with Crippen LogP contribution in [-0.4, -0.2) is 29.5 Å². The molecule has 114 valence electrons. The average molecular weight is 306 g/mol. The summed E-state index contributed by atoms with van der Waals surface area (Å²) < 4.78 is 4.66. The lowest BCUT2D eigenvalue weighted by Gasteiger charge is -2.03. The van der Waals surface area contributed by atoms with Crippen molar-refractivity contribution in [1.82, 2.24) is 10.2 Å². The highest BCUT2D eigenvalue weighted by Gasteiger charge is 2.03. The Labute approximate surface area is 132 Å². The number of methoxy groups -OCH3 is 1. The third-order valence-electron chi connectivity index (χ3n) is 3.29. The molecule has 1 aromatic heterocycles. The number of esters is 1. The fourth-order valence-corrected chi connectivity index (χ4v) is 2.10. The van der Waals surface area contributed by atoms with Gasteiger partial charge in [0.2, 0.25) is 0 Å². The Bertz CT molecular complexity index is 855. The van der Waals surface area contributed by atoms with Gasteiger partial charge in [-0.2, -0.15) is 10.2 Å². The van der Waals surface area contributed by atoms with Crippen LogP contribution >= 0.6 is 0 Å². The highest BCUT2D eigenvalue weighted by atomic mass is 16.5. The van der Waals surface area contributed by atoms with E-state index in [9.17, 15) is 4.79 Å². The first-order valence-electron chi connectivity index (χ1n) is 6.96. The number of ether oxygens (including phenoxy) is 1. The van der Waals surface area contributed by atoms with Gasteiger partial charge >= 0.3 is 5.97 Å². The summed E-state index contributed by atoms with van der Waals surface area (Å²) in [6, 6.07) is 14.7. The van der Waals surface area contributed by atoms with E-state index in [1.54, 1.807) is 36.7 Å². The maximum Gasteiger partial charge on any atom is 0.337 e. The summed E-state index contributed by atoms with van der Waals surface area (Å²) in [5, 5.41) is 14.1. The molecule has 2 aromatic carbocycles. The molecular weight excluding hydrogens is 292 g/mol. The zero-order chi connectivity index (χ0) is 16.1. The van der Waals surface area contributed by atoms with E-state index in [0.29, 0.717) is 11.4 Å². The van der Waals surface area contributed by atoms with Crippen molar-refractivity contribution >= 4 is 28.8 Å². The molecule has 0 amide bonds.